The first-order valence-electron chi connectivity index (χ1n) is 14.5. The molecule has 0 unspecified atom stereocenters. The molecule has 1 atom stereocenters. The molecule has 2 aliphatic rings. The fraction of sp³-hybridized carbons (Fsp3) is 0.483. The van der Waals surface area contributed by atoms with Gasteiger partial charge < -0.3 is 23.5 Å². The van der Waals surface area contributed by atoms with Gasteiger partial charge in [-0.05, 0) is 30.5 Å². The first-order valence-corrected chi connectivity index (χ1v) is 23.9. The molecule has 19 heteroatoms. The number of ether oxygens (including phenoxy) is 1. The Morgan fingerprint density at radius 3 is 2.12 bits per heavy atom. The van der Waals surface area contributed by atoms with Gasteiger partial charge >= 0.3 is 65.1 Å². The fourth-order valence-electron chi connectivity index (χ4n) is 5.29. The predicted octanol–water partition coefficient (Wildman–Crippen LogP) is -2.57. The maximum atomic E-state index is 13.4. The van der Waals surface area contributed by atoms with E-state index in [0.717, 1.165) is 56.2 Å². The number of cyclic esters (lactones) is 1. The Kier molecular flexibility index (Phi) is 16.0. The molecule has 1 aromatic carbocycles. The molecule has 4 heterocycles. The van der Waals surface area contributed by atoms with Crippen molar-refractivity contribution in [2.45, 2.75) is 64.2 Å². The molecule has 2 aromatic heterocycles. The quantitative estimate of drug-likeness (QED) is 0.0550. The summed E-state index contributed by atoms with van der Waals surface area (Å²) in [6, 6.07) is 11.1. The second-order valence-corrected chi connectivity index (χ2v) is 23.6. The van der Waals surface area contributed by atoms with E-state index in [2.05, 4.69) is 25.7 Å². The summed E-state index contributed by atoms with van der Waals surface area (Å²) in [6.45, 7) is 9.17. The van der Waals surface area contributed by atoms with Crippen molar-refractivity contribution in [1.29, 1.82) is 0 Å². The zero-order valence-electron chi connectivity index (χ0n) is 27.9. The molecule has 0 spiro atoms. The molecule has 0 bridgehead atoms. The smallest absolute Gasteiger partial charge is 0.748 e. The van der Waals surface area contributed by atoms with Crippen molar-refractivity contribution in [3.63, 3.8) is 0 Å². The number of benzene rings is 1. The van der Waals surface area contributed by atoms with Crippen molar-refractivity contribution < 1.29 is 99.7 Å². The predicted molar refractivity (Wildman–Crippen MR) is 180 cm³/mol. The Hall–Kier alpha value is -0.253. The number of pyridine rings is 2. The topological polar surface area (TPSA) is 196 Å². The first-order chi connectivity index (χ1) is 21.3. The third kappa shape index (κ3) is 10.9. The van der Waals surface area contributed by atoms with Gasteiger partial charge in [0.15, 0.2) is 5.60 Å². The molecular weight excluding hydrogens is 739 g/mol. The summed E-state index contributed by atoms with van der Waals surface area (Å²) in [7, 11) is -7.58. The number of hydrogen-bond acceptors (Lipinski definition) is 13. The number of fused-ring (bicyclic) bond motifs is 5. The number of nitrogens with zero attached hydrogens (tertiary/aromatic N) is 2. The van der Waals surface area contributed by atoms with Crippen LogP contribution in [0.2, 0.25) is 25.7 Å². The Balaban J connectivity index is 0.000000430. The average Bonchev–Trinajstić information content (AvgIpc) is 3.32. The summed E-state index contributed by atoms with van der Waals surface area (Å²) in [5, 5.41) is 12.2. The maximum absolute atomic E-state index is 13.4. The van der Waals surface area contributed by atoms with E-state index in [-0.39, 0.29) is 89.2 Å². The number of esters is 1. The van der Waals surface area contributed by atoms with Crippen LogP contribution in [0, 0.1) is 0 Å². The fourth-order valence-corrected chi connectivity index (χ4v) is 10.6. The van der Waals surface area contributed by atoms with Crippen molar-refractivity contribution in [1.82, 2.24) is 9.55 Å². The van der Waals surface area contributed by atoms with Crippen molar-refractivity contribution in [3.8, 4) is 11.4 Å². The summed E-state index contributed by atoms with van der Waals surface area (Å²) < 4.78 is 67.5. The van der Waals surface area contributed by atoms with Gasteiger partial charge in [-0.3, -0.25) is 4.79 Å². The third-order valence-electron chi connectivity index (χ3n) is 7.75. The van der Waals surface area contributed by atoms with Crippen LogP contribution < -0.4 is 64.7 Å². The van der Waals surface area contributed by atoms with Crippen LogP contribution in [0.15, 0.2) is 35.1 Å². The van der Waals surface area contributed by atoms with E-state index in [1.54, 1.807) is 17.6 Å². The average molecular weight is 775 g/mol. The minimum atomic E-state index is -4.20. The summed E-state index contributed by atoms with van der Waals surface area (Å²) in [5.41, 5.74) is 3.40. The van der Waals surface area contributed by atoms with E-state index in [1.807, 2.05) is 18.2 Å². The molecule has 2 aliphatic heterocycles. The number of para-hydroxylation sites is 1. The van der Waals surface area contributed by atoms with E-state index in [0.29, 0.717) is 23.4 Å². The van der Waals surface area contributed by atoms with Crippen LogP contribution in [0.4, 0.5) is 0 Å². The number of hydrogen-bond donors (Lipinski definition) is 1. The van der Waals surface area contributed by atoms with Crippen LogP contribution in [0.25, 0.3) is 22.3 Å². The number of carbonyl (C=O) groups is 1. The molecule has 0 saturated carbocycles. The zero-order valence-corrected chi connectivity index (χ0v) is 36.2. The molecule has 252 valence electrons. The Morgan fingerprint density at radius 2 is 1.58 bits per heavy atom. The van der Waals surface area contributed by atoms with Gasteiger partial charge in [0.2, 0.25) is 0 Å². The maximum Gasteiger partial charge on any atom is 1.00 e. The molecule has 0 amide bonds. The zero-order chi connectivity index (χ0) is 34.1. The van der Waals surface area contributed by atoms with Crippen LogP contribution >= 0.6 is 21.6 Å². The number of carbonyl (C=O) groups excluding carboxylic acids is 1. The molecule has 3 aromatic rings. The molecule has 0 saturated heterocycles. The van der Waals surface area contributed by atoms with Crippen LogP contribution in [0.5, 0.6) is 0 Å². The SMILES string of the molecule is CC[C@@]1(O)C(=O)OCc2c1cc1n(c2=O)Cc2c-1nc1ccccc1c2CC[Si](C)(C)C.O=S(=O)([O-])CCSSCCS(=O)(=O)[O-].[Na+].[Na+]. The van der Waals surface area contributed by atoms with Crippen molar-refractivity contribution >= 4 is 66.8 Å². The van der Waals surface area contributed by atoms with Crippen molar-refractivity contribution in [2.24, 2.45) is 0 Å². The molecule has 12 nitrogen and oxygen atoms in total. The Bertz CT molecular complexity index is 1900. The van der Waals surface area contributed by atoms with Crippen molar-refractivity contribution in [2.75, 3.05) is 23.0 Å². The molecular formula is C29H36N2Na2O10S4Si. The number of aromatic nitrogens is 2. The van der Waals surface area contributed by atoms with Crippen LogP contribution in [0.1, 0.15) is 35.6 Å². The van der Waals surface area contributed by atoms with E-state index in [1.165, 1.54) is 5.56 Å². The normalized spacial score (nSPS) is 16.8. The third-order valence-corrected chi connectivity index (χ3v) is 13.8. The van der Waals surface area contributed by atoms with Gasteiger partial charge in [-0.1, -0.05) is 72.4 Å². The van der Waals surface area contributed by atoms with Gasteiger partial charge in [0.05, 0.1) is 49.2 Å². The van der Waals surface area contributed by atoms with E-state index in [9.17, 15) is 40.6 Å². The Labute approximate surface area is 334 Å². The largest absolute Gasteiger partial charge is 1.00 e. The number of aryl methyl sites for hydroxylation is 1. The summed E-state index contributed by atoms with van der Waals surface area (Å²) >= 11 is 0. The van der Waals surface area contributed by atoms with Crippen LogP contribution in [-0.2, 0) is 54.9 Å². The van der Waals surface area contributed by atoms with Crippen LogP contribution in [-0.4, -0.2) is 77.7 Å². The molecule has 0 fully saturated rings. The number of rotatable bonds is 11. The summed E-state index contributed by atoms with van der Waals surface area (Å²) in [4.78, 5) is 30.8. The van der Waals surface area contributed by atoms with Crippen LogP contribution in [0.3, 0.4) is 0 Å². The monoisotopic (exact) mass is 774 g/mol. The number of aliphatic hydroxyl groups is 1. The molecule has 1 N–H and O–H groups in total. The minimum absolute atomic E-state index is 0. The van der Waals surface area contributed by atoms with E-state index < -0.39 is 51.4 Å². The molecule has 48 heavy (non-hydrogen) atoms. The first kappa shape index (κ1) is 43.9. The van der Waals surface area contributed by atoms with Crippen molar-refractivity contribution in [3.05, 3.63) is 62.9 Å². The molecule has 0 radical (unpaired) electrons. The van der Waals surface area contributed by atoms with Gasteiger partial charge in [0, 0.05) is 47.6 Å². The second-order valence-electron chi connectivity index (χ2n) is 12.3. The van der Waals surface area contributed by atoms with E-state index in [4.69, 9.17) is 9.72 Å². The van der Waals surface area contributed by atoms with Gasteiger partial charge in [-0.25, -0.2) is 26.6 Å². The van der Waals surface area contributed by atoms with E-state index >= 15 is 0 Å². The standard InChI is InChI=1S/C25H28N2O4Si.C4H10O6S4.2Na/c1-5-25(30)19-12-21-22-17(13-27(21)23(28)18(19)14-31-24(25)29)15(10-11-32(2,3)4)16-8-6-7-9-20(16)26-22;5-13(6,7)3-1-11-12-2-4-14(8,9)10;;/h6-9,12,30H,5,10-11,13-14H2,1-4H3;1-4H2,(H,5,6,7)(H,8,9,10);;/q;;2*+1/p-2/t25-;;;/m0.../s1. The summed E-state index contributed by atoms with van der Waals surface area (Å²) in [6.07, 6.45) is 1.09. The minimum Gasteiger partial charge on any atom is -0.748 e. The van der Waals surface area contributed by atoms with Gasteiger partial charge in [0.1, 0.15) is 6.61 Å². The molecule has 0 aliphatic carbocycles. The second kappa shape index (κ2) is 17.5. The molecule has 5 rings (SSSR count). The van der Waals surface area contributed by atoms with Gasteiger partial charge in [-0.2, -0.15) is 0 Å². The van der Waals surface area contributed by atoms with Gasteiger partial charge in [-0.15, -0.1) is 0 Å². The summed E-state index contributed by atoms with van der Waals surface area (Å²) in [5.74, 6) is -1.49. The Morgan fingerprint density at radius 1 is 1.00 bits per heavy atom. The van der Waals surface area contributed by atoms with Gasteiger partial charge in [0.25, 0.3) is 5.56 Å².